The first-order valence-corrected chi connectivity index (χ1v) is 5.06. The fraction of sp³-hybridized carbons (Fsp3) is 0.500. The fourth-order valence-electron chi connectivity index (χ4n) is 0.407. The molecule has 0 saturated heterocycles. The second-order valence-electron chi connectivity index (χ2n) is 2.01. The van der Waals surface area contributed by atoms with Crippen LogP contribution in [0.2, 0.25) is 0 Å². The van der Waals surface area contributed by atoms with E-state index in [1.165, 1.54) is 12.5 Å². The number of allylic oxidation sites excluding steroid dienone is 2. The lowest BCUT2D eigenvalue weighted by Gasteiger charge is -2.04. The van der Waals surface area contributed by atoms with Crippen LogP contribution in [0.25, 0.3) is 0 Å². The third-order valence-electron chi connectivity index (χ3n) is 0.966. The van der Waals surface area contributed by atoms with Gasteiger partial charge in [0.05, 0.1) is 12.5 Å². The molecule has 0 fully saturated rings. The molecule has 4 heteroatoms. The minimum absolute atomic E-state index is 0.883. The highest BCUT2D eigenvalue weighted by atomic mass is 31.2. The van der Waals surface area contributed by atoms with Gasteiger partial charge < -0.3 is 13.9 Å². The van der Waals surface area contributed by atoms with Crippen molar-refractivity contribution in [3.63, 3.8) is 0 Å². The molecular formula is C8H15O3P. The van der Waals surface area contributed by atoms with Crippen molar-refractivity contribution in [2.45, 2.75) is 26.7 Å². The van der Waals surface area contributed by atoms with Crippen molar-refractivity contribution in [1.82, 2.24) is 0 Å². The molecule has 0 radical (unpaired) electrons. The van der Waals surface area contributed by atoms with Crippen molar-refractivity contribution in [2.24, 2.45) is 0 Å². The molecule has 0 heterocycles. The Morgan fingerprint density at radius 3 is 1.83 bits per heavy atom. The summed E-state index contributed by atoms with van der Waals surface area (Å²) < 4.78 is 9.59. The summed E-state index contributed by atoms with van der Waals surface area (Å²) >= 11 is 0. The van der Waals surface area contributed by atoms with Crippen LogP contribution in [0.5, 0.6) is 0 Å². The van der Waals surface area contributed by atoms with Gasteiger partial charge in [-0.3, -0.25) is 0 Å². The smallest absolute Gasteiger partial charge is 0.426 e. The van der Waals surface area contributed by atoms with Crippen LogP contribution in [-0.4, -0.2) is 4.89 Å². The van der Waals surface area contributed by atoms with Crippen molar-refractivity contribution in [1.29, 1.82) is 0 Å². The standard InChI is InChI=1S/C8H15O3P/c1-3-5-7-10-12(9)11-8-6-4-2/h5-9H,3-4H2,1-2H3/b7-5+,8-6+. The minimum atomic E-state index is -1.78. The Balaban J connectivity index is 3.39. The second kappa shape index (κ2) is 8.57. The zero-order valence-electron chi connectivity index (χ0n) is 7.43. The highest BCUT2D eigenvalue weighted by Crippen LogP contribution is 2.33. The largest absolute Gasteiger partial charge is 0.458 e. The van der Waals surface area contributed by atoms with Gasteiger partial charge >= 0.3 is 8.60 Å². The van der Waals surface area contributed by atoms with E-state index in [1.54, 1.807) is 12.2 Å². The first kappa shape index (κ1) is 11.5. The summed E-state index contributed by atoms with van der Waals surface area (Å²) in [6.45, 7) is 3.97. The van der Waals surface area contributed by atoms with Gasteiger partial charge in [0.25, 0.3) is 0 Å². The monoisotopic (exact) mass is 190 g/mol. The van der Waals surface area contributed by atoms with Crippen molar-refractivity contribution in [3.8, 4) is 0 Å². The molecule has 0 aliphatic carbocycles. The lowest BCUT2D eigenvalue weighted by Crippen LogP contribution is -1.76. The third kappa shape index (κ3) is 7.58. The molecule has 0 aliphatic heterocycles. The van der Waals surface area contributed by atoms with Crippen LogP contribution in [0.15, 0.2) is 24.7 Å². The van der Waals surface area contributed by atoms with E-state index in [0.29, 0.717) is 0 Å². The van der Waals surface area contributed by atoms with E-state index in [-0.39, 0.29) is 0 Å². The first-order valence-electron chi connectivity index (χ1n) is 3.93. The predicted molar refractivity (Wildman–Crippen MR) is 50.2 cm³/mol. The van der Waals surface area contributed by atoms with Crippen molar-refractivity contribution in [2.75, 3.05) is 0 Å². The summed E-state index contributed by atoms with van der Waals surface area (Å²) in [5.41, 5.74) is 0. The molecule has 0 aliphatic rings. The van der Waals surface area contributed by atoms with E-state index in [0.717, 1.165) is 12.8 Å². The zero-order chi connectivity index (χ0) is 9.23. The minimum Gasteiger partial charge on any atom is -0.426 e. The van der Waals surface area contributed by atoms with Crippen molar-refractivity contribution in [3.05, 3.63) is 24.7 Å². The molecule has 0 aromatic rings. The Hall–Kier alpha value is -0.530. The topological polar surface area (TPSA) is 38.7 Å². The summed E-state index contributed by atoms with van der Waals surface area (Å²) in [5, 5.41) is 0. The Morgan fingerprint density at radius 2 is 1.50 bits per heavy atom. The van der Waals surface area contributed by atoms with Crippen LogP contribution >= 0.6 is 8.60 Å². The van der Waals surface area contributed by atoms with E-state index in [2.05, 4.69) is 0 Å². The van der Waals surface area contributed by atoms with Crippen LogP contribution in [0.4, 0.5) is 0 Å². The maximum Gasteiger partial charge on any atom is 0.458 e. The van der Waals surface area contributed by atoms with Crippen LogP contribution in [0.3, 0.4) is 0 Å². The maximum atomic E-state index is 9.02. The molecule has 0 aromatic carbocycles. The quantitative estimate of drug-likeness (QED) is 0.516. The average molecular weight is 190 g/mol. The Bertz CT molecular complexity index is 129. The van der Waals surface area contributed by atoms with Gasteiger partial charge in [0, 0.05) is 0 Å². The average Bonchev–Trinajstić information content (AvgIpc) is 2.06. The summed E-state index contributed by atoms with van der Waals surface area (Å²) in [5.74, 6) is 0. The molecular weight excluding hydrogens is 175 g/mol. The summed E-state index contributed by atoms with van der Waals surface area (Å²) in [6.07, 6.45) is 8.27. The van der Waals surface area contributed by atoms with Crippen LogP contribution < -0.4 is 0 Å². The van der Waals surface area contributed by atoms with Gasteiger partial charge in [-0.1, -0.05) is 13.8 Å². The van der Waals surface area contributed by atoms with Crippen LogP contribution in [-0.2, 0) is 9.05 Å². The normalized spacial score (nSPS) is 11.7. The first-order chi connectivity index (χ1) is 5.81. The van der Waals surface area contributed by atoms with Crippen molar-refractivity contribution < 1.29 is 13.9 Å². The molecule has 0 spiro atoms. The summed E-state index contributed by atoms with van der Waals surface area (Å²) in [4.78, 5) is 9.02. The highest BCUT2D eigenvalue weighted by molar-refractivity contribution is 7.40. The molecule has 0 atom stereocenters. The highest BCUT2D eigenvalue weighted by Gasteiger charge is 2.01. The molecule has 70 valence electrons. The lowest BCUT2D eigenvalue weighted by molar-refractivity contribution is 0.320. The molecule has 0 bridgehead atoms. The van der Waals surface area contributed by atoms with Crippen LogP contribution in [0, 0.1) is 0 Å². The van der Waals surface area contributed by atoms with Gasteiger partial charge in [0.2, 0.25) is 0 Å². The molecule has 0 rings (SSSR count). The van der Waals surface area contributed by atoms with Gasteiger partial charge in [0.1, 0.15) is 0 Å². The molecule has 3 nitrogen and oxygen atoms in total. The predicted octanol–water partition coefficient (Wildman–Crippen LogP) is 3.09. The Kier molecular flexibility index (Phi) is 8.19. The molecule has 0 aromatic heterocycles. The van der Waals surface area contributed by atoms with E-state index >= 15 is 0 Å². The maximum absolute atomic E-state index is 9.02. The van der Waals surface area contributed by atoms with Gasteiger partial charge in [0.15, 0.2) is 0 Å². The Labute approximate surface area is 74.7 Å². The summed E-state index contributed by atoms with van der Waals surface area (Å²) in [7, 11) is -1.78. The van der Waals surface area contributed by atoms with Gasteiger partial charge in [-0.25, -0.2) is 0 Å². The van der Waals surface area contributed by atoms with Gasteiger partial charge in [-0.2, -0.15) is 0 Å². The molecule has 0 saturated carbocycles. The Morgan fingerprint density at radius 1 is 1.08 bits per heavy atom. The van der Waals surface area contributed by atoms with E-state index < -0.39 is 8.60 Å². The SMILES string of the molecule is CC/C=C/OP(O)O/C=C/CC. The van der Waals surface area contributed by atoms with Crippen molar-refractivity contribution >= 4 is 8.60 Å². The van der Waals surface area contributed by atoms with Gasteiger partial charge in [-0.05, 0) is 25.0 Å². The lowest BCUT2D eigenvalue weighted by atomic mass is 10.5. The molecule has 1 N–H and O–H groups in total. The number of rotatable bonds is 6. The third-order valence-corrected chi connectivity index (χ3v) is 1.57. The molecule has 0 unspecified atom stereocenters. The molecule has 12 heavy (non-hydrogen) atoms. The number of hydrogen-bond donors (Lipinski definition) is 1. The van der Waals surface area contributed by atoms with E-state index in [4.69, 9.17) is 13.9 Å². The van der Waals surface area contributed by atoms with E-state index in [9.17, 15) is 0 Å². The van der Waals surface area contributed by atoms with Crippen LogP contribution in [0.1, 0.15) is 26.7 Å². The van der Waals surface area contributed by atoms with Gasteiger partial charge in [-0.15, -0.1) is 0 Å². The zero-order valence-corrected chi connectivity index (χ0v) is 8.33. The second-order valence-corrected chi connectivity index (χ2v) is 2.91. The van der Waals surface area contributed by atoms with E-state index in [1.807, 2.05) is 13.8 Å². The fourth-order valence-corrected chi connectivity index (χ4v) is 0.838. The summed E-state index contributed by atoms with van der Waals surface area (Å²) in [6, 6.07) is 0. The number of hydrogen-bond acceptors (Lipinski definition) is 3. The molecule has 0 amide bonds.